The lowest BCUT2D eigenvalue weighted by Gasteiger charge is -2.48. The SMILES string of the molecule is CCCCCCCCOC1CC(Br)C1(C)C. The summed E-state index contributed by atoms with van der Waals surface area (Å²) in [5.41, 5.74) is 0.336. The predicted molar refractivity (Wildman–Crippen MR) is 74.2 cm³/mol. The van der Waals surface area contributed by atoms with Crippen molar-refractivity contribution < 1.29 is 4.74 Å². The van der Waals surface area contributed by atoms with Crippen LogP contribution < -0.4 is 0 Å². The van der Waals surface area contributed by atoms with Crippen LogP contribution in [0.4, 0.5) is 0 Å². The van der Waals surface area contributed by atoms with Crippen molar-refractivity contribution in [3.8, 4) is 0 Å². The van der Waals surface area contributed by atoms with Crippen LogP contribution in [0.3, 0.4) is 0 Å². The number of hydrogen-bond donors (Lipinski definition) is 0. The summed E-state index contributed by atoms with van der Waals surface area (Å²) in [6.07, 6.45) is 9.74. The third-order valence-electron chi connectivity index (χ3n) is 3.88. The van der Waals surface area contributed by atoms with E-state index < -0.39 is 0 Å². The van der Waals surface area contributed by atoms with E-state index in [1.54, 1.807) is 0 Å². The first-order valence-electron chi connectivity index (χ1n) is 6.84. The van der Waals surface area contributed by atoms with Crippen molar-refractivity contribution in [3.63, 3.8) is 0 Å². The molecule has 0 aromatic carbocycles. The molecule has 0 amide bonds. The van der Waals surface area contributed by atoms with Gasteiger partial charge in [0.1, 0.15) is 0 Å². The van der Waals surface area contributed by atoms with Crippen molar-refractivity contribution in [1.82, 2.24) is 0 Å². The first-order chi connectivity index (χ1) is 7.59. The number of hydrogen-bond acceptors (Lipinski definition) is 1. The Balaban J connectivity index is 1.93. The standard InChI is InChI=1S/C14H27BrO/c1-4-5-6-7-8-9-10-16-13-11-12(15)14(13,2)3/h12-13H,4-11H2,1-3H3. The molecule has 0 aromatic rings. The van der Waals surface area contributed by atoms with Gasteiger partial charge in [-0.2, -0.15) is 0 Å². The van der Waals surface area contributed by atoms with E-state index in [1.165, 1.54) is 44.9 Å². The highest BCUT2D eigenvalue weighted by Crippen LogP contribution is 2.47. The maximum atomic E-state index is 5.94. The molecule has 1 nitrogen and oxygen atoms in total. The van der Waals surface area contributed by atoms with Gasteiger partial charge in [0.25, 0.3) is 0 Å². The number of rotatable bonds is 8. The first-order valence-corrected chi connectivity index (χ1v) is 7.76. The maximum Gasteiger partial charge on any atom is 0.0647 e. The second-order valence-electron chi connectivity index (χ2n) is 5.65. The summed E-state index contributed by atoms with van der Waals surface area (Å²) in [4.78, 5) is 0.648. The second-order valence-corrected chi connectivity index (χ2v) is 6.76. The van der Waals surface area contributed by atoms with Gasteiger partial charge in [-0.15, -0.1) is 0 Å². The van der Waals surface area contributed by atoms with Crippen molar-refractivity contribution in [2.45, 2.75) is 76.6 Å². The van der Waals surface area contributed by atoms with E-state index >= 15 is 0 Å². The Labute approximate surface area is 109 Å². The summed E-state index contributed by atoms with van der Waals surface area (Å²) in [6, 6.07) is 0. The van der Waals surface area contributed by atoms with Crippen molar-refractivity contribution in [2.75, 3.05) is 6.61 Å². The van der Waals surface area contributed by atoms with Crippen molar-refractivity contribution in [1.29, 1.82) is 0 Å². The van der Waals surface area contributed by atoms with Crippen LogP contribution in [0.1, 0.15) is 65.7 Å². The normalized spacial score (nSPS) is 27.8. The molecule has 0 spiro atoms. The molecule has 0 heterocycles. The molecule has 2 heteroatoms. The molecule has 1 aliphatic rings. The van der Waals surface area contributed by atoms with E-state index in [2.05, 4.69) is 36.7 Å². The summed E-state index contributed by atoms with van der Waals surface area (Å²) in [6.45, 7) is 7.81. The highest BCUT2D eigenvalue weighted by Gasteiger charge is 2.47. The van der Waals surface area contributed by atoms with E-state index in [0.717, 1.165) is 6.61 Å². The number of alkyl halides is 1. The highest BCUT2D eigenvalue weighted by atomic mass is 79.9. The Morgan fingerprint density at radius 3 is 2.31 bits per heavy atom. The molecule has 1 rings (SSSR count). The molecule has 2 atom stereocenters. The second kappa shape index (κ2) is 7.00. The van der Waals surface area contributed by atoms with Crippen molar-refractivity contribution in [2.24, 2.45) is 5.41 Å². The molecule has 0 bridgehead atoms. The van der Waals surface area contributed by atoms with Crippen LogP contribution in [0.25, 0.3) is 0 Å². The smallest absolute Gasteiger partial charge is 0.0647 e. The minimum absolute atomic E-state index is 0.336. The molecule has 0 radical (unpaired) electrons. The average molecular weight is 291 g/mol. The molecule has 0 N–H and O–H groups in total. The van der Waals surface area contributed by atoms with Gasteiger partial charge in [-0.1, -0.05) is 68.8 Å². The van der Waals surface area contributed by atoms with E-state index in [4.69, 9.17) is 4.74 Å². The molecule has 1 aliphatic carbocycles. The molecule has 0 saturated heterocycles. The third-order valence-corrected chi connectivity index (χ3v) is 5.43. The van der Waals surface area contributed by atoms with Gasteiger partial charge < -0.3 is 4.74 Å². The fraction of sp³-hybridized carbons (Fsp3) is 1.00. The fourth-order valence-electron chi connectivity index (χ4n) is 2.23. The minimum atomic E-state index is 0.336. The van der Waals surface area contributed by atoms with Crippen LogP contribution in [0, 0.1) is 5.41 Å². The zero-order valence-electron chi connectivity index (χ0n) is 11.1. The molecular formula is C14H27BrO. The summed E-state index contributed by atoms with van der Waals surface area (Å²) in [5.74, 6) is 0. The van der Waals surface area contributed by atoms with Crippen molar-refractivity contribution in [3.05, 3.63) is 0 Å². The van der Waals surface area contributed by atoms with E-state index in [9.17, 15) is 0 Å². The number of halogens is 1. The Kier molecular flexibility index (Phi) is 6.35. The Bertz CT molecular complexity index is 191. The van der Waals surface area contributed by atoms with Gasteiger partial charge in [-0.05, 0) is 12.8 Å². The van der Waals surface area contributed by atoms with Crippen LogP contribution in [-0.2, 0) is 4.74 Å². The highest BCUT2D eigenvalue weighted by molar-refractivity contribution is 9.09. The van der Waals surface area contributed by atoms with Crippen LogP contribution >= 0.6 is 15.9 Å². The first kappa shape index (κ1) is 14.5. The number of unbranched alkanes of at least 4 members (excludes halogenated alkanes) is 5. The fourth-order valence-corrected chi connectivity index (χ4v) is 2.86. The van der Waals surface area contributed by atoms with Gasteiger partial charge in [-0.25, -0.2) is 0 Å². The monoisotopic (exact) mass is 290 g/mol. The molecule has 96 valence electrons. The molecule has 1 fully saturated rings. The Morgan fingerprint density at radius 1 is 1.12 bits per heavy atom. The van der Waals surface area contributed by atoms with E-state index in [1.807, 2.05) is 0 Å². The lowest BCUT2D eigenvalue weighted by Crippen LogP contribution is -2.51. The summed E-state index contributed by atoms with van der Waals surface area (Å²) in [7, 11) is 0. The number of ether oxygens (including phenoxy) is 1. The molecule has 16 heavy (non-hydrogen) atoms. The largest absolute Gasteiger partial charge is 0.378 e. The van der Waals surface area contributed by atoms with Gasteiger partial charge in [0.2, 0.25) is 0 Å². The topological polar surface area (TPSA) is 9.23 Å². The quantitative estimate of drug-likeness (QED) is 0.455. The predicted octanol–water partition coefficient (Wildman–Crippen LogP) is 4.93. The third kappa shape index (κ3) is 4.03. The summed E-state index contributed by atoms with van der Waals surface area (Å²) in [5, 5.41) is 0. The minimum Gasteiger partial charge on any atom is -0.378 e. The van der Waals surface area contributed by atoms with Crippen LogP contribution in [0.15, 0.2) is 0 Å². The van der Waals surface area contributed by atoms with E-state index in [-0.39, 0.29) is 0 Å². The zero-order valence-corrected chi connectivity index (χ0v) is 12.7. The molecule has 0 aromatic heterocycles. The maximum absolute atomic E-state index is 5.94. The van der Waals surface area contributed by atoms with Gasteiger partial charge >= 0.3 is 0 Å². The van der Waals surface area contributed by atoms with Crippen LogP contribution in [0.2, 0.25) is 0 Å². The zero-order chi connectivity index (χ0) is 12.0. The van der Waals surface area contributed by atoms with Gasteiger partial charge in [0.05, 0.1) is 6.10 Å². The Hall–Kier alpha value is 0.440. The molecular weight excluding hydrogens is 264 g/mol. The van der Waals surface area contributed by atoms with Crippen molar-refractivity contribution >= 4 is 15.9 Å². The lowest BCUT2D eigenvalue weighted by molar-refractivity contribution is -0.0857. The summed E-state index contributed by atoms with van der Waals surface area (Å²) >= 11 is 3.69. The van der Waals surface area contributed by atoms with E-state index in [0.29, 0.717) is 16.3 Å². The molecule has 1 saturated carbocycles. The Morgan fingerprint density at radius 2 is 1.75 bits per heavy atom. The molecule has 2 unspecified atom stereocenters. The van der Waals surface area contributed by atoms with Crippen LogP contribution in [-0.4, -0.2) is 17.5 Å². The molecule has 0 aliphatic heterocycles. The van der Waals surface area contributed by atoms with Gasteiger partial charge in [0, 0.05) is 16.8 Å². The summed E-state index contributed by atoms with van der Waals surface area (Å²) < 4.78 is 5.94. The lowest BCUT2D eigenvalue weighted by atomic mass is 9.69. The average Bonchev–Trinajstić information content (AvgIpc) is 2.26. The van der Waals surface area contributed by atoms with Gasteiger partial charge in [-0.3, -0.25) is 0 Å². The van der Waals surface area contributed by atoms with Gasteiger partial charge in [0.15, 0.2) is 0 Å². The van der Waals surface area contributed by atoms with Crippen LogP contribution in [0.5, 0.6) is 0 Å².